The van der Waals surface area contributed by atoms with Gasteiger partial charge >= 0.3 is 0 Å². The van der Waals surface area contributed by atoms with Crippen LogP contribution in [0, 0.1) is 5.82 Å². The monoisotopic (exact) mass is 600 g/mol. The van der Waals surface area contributed by atoms with Crippen LogP contribution in [0.5, 0.6) is 0 Å². The lowest BCUT2D eigenvalue weighted by atomic mass is 9.61. The minimum atomic E-state index is -0.259. The van der Waals surface area contributed by atoms with Crippen molar-refractivity contribution >= 4 is 44.9 Å². The van der Waals surface area contributed by atoms with Crippen molar-refractivity contribution in [3.63, 3.8) is 0 Å². The second-order valence-electron chi connectivity index (χ2n) is 14.8. The van der Waals surface area contributed by atoms with Gasteiger partial charge in [-0.3, -0.25) is 0 Å². The Morgan fingerprint density at radius 2 is 0.935 bits per heavy atom. The summed E-state index contributed by atoms with van der Waals surface area (Å²) in [6, 6.07) is 40.5. The third kappa shape index (κ3) is 3.36. The molecule has 0 unspecified atom stereocenters. The van der Waals surface area contributed by atoms with Gasteiger partial charge in [-0.05, 0) is 81.2 Å². The van der Waals surface area contributed by atoms with Crippen molar-refractivity contribution in [2.45, 2.75) is 57.8 Å². The van der Waals surface area contributed by atoms with Crippen LogP contribution >= 0.6 is 0 Å². The molecule has 0 spiro atoms. The van der Waals surface area contributed by atoms with Crippen molar-refractivity contribution in [2.24, 2.45) is 0 Å². The van der Waals surface area contributed by atoms with Crippen molar-refractivity contribution in [1.82, 2.24) is 0 Å². The molecule has 226 valence electrons. The van der Waals surface area contributed by atoms with Gasteiger partial charge in [0.1, 0.15) is 5.82 Å². The first-order valence-corrected chi connectivity index (χ1v) is 16.3. The molecule has 0 radical (unpaired) electrons. The molecule has 6 aromatic carbocycles. The zero-order chi connectivity index (χ0) is 31.7. The number of halogens is 1. The third-order valence-electron chi connectivity index (χ3n) is 11.2. The molecule has 0 aliphatic carbocycles. The molecule has 0 atom stereocenters. The number of anilines is 6. The minimum Gasteiger partial charge on any atom is -0.310 e. The van der Waals surface area contributed by atoms with Gasteiger partial charge in [0, 0.05) is 33.0 Å². The summed E-state index contributed by atoms with van der Waals surface area (Å²) < 4.78 is 14.4. The number of rotatable bonds is 3. The summed E-state index contributed by atoms with van der Waals surface area (Å²) in [4.78, 5) is 4.92. The van der Waals surface area contributed by atoms with Gasteiger partial charge in [0.25, 0.3) is 0 Å². The molecule has 3 heterocycles. The first-order valence-electron chi connectivity index (χ1n) is 16.3. The quantitative estimate of drug-likeness (QED) is 0.199. The normalized spacial score (nSPS) is 17.1. The minimum absolute atomic E-state index is 0.123. The standard InChI is InChI=1S/C43H37FN2/c1-41(2)31-15-10-17-33-38(31)46-39-32(41)16-11-18-34(39)43(5,6)36-25-29(24-35(40(36)46)42(33,3)4)45(28-22-20-27(44)21-23-28)37-19-9-13-26-12-7-8-14-30(26)37/h7-25H,1-6H3. The van der Waals surface area contributed by atoms with Gasteiger partial charge in [0.2, 0.25) is 0 Å². The predicted molar refractivity (Wildman–Crippen MR) is 190 cm³/mol. The molecule has 0 bridgehead atoms. The van der Waals surface area contributed by atoms with E-state index in [2.05, 4.69) is 142 Å². The molecule has 0 fully saturated rings. The smallest absolute Gasteiger partial charge is 0.123 e. The Kier molecular flexibility index (Phi) is 5.30. The van der Waals surface area contributed by atoms with Crippen LogP contribution in [0.15, 0.2) is 115 Å². The summed E-state index contributed by atoms with van der Waals surface area (Å²) in [5.74, 6) is -0.239. The van der Waals surface area contributed by atoms with E-state index >= 15 is 0 Å². The molecule has 3 aliphatic heterocycles. The van der Waals surface area contributed by atoms with Crippen molar-refractivity contribution in [3.05, 3.63) is 154 Å². The maximum Gasteiger partial charge on any atom is 0.123 e. The van der Waals surface area contributed by atoms with E-state index in [0.29, 0.717) is 0 Å². The Bertz CT molecular complexity index is 2160. The molecule has 0 saturated carbocycles. The number of para-hydroxylation sites is 2. The van der Waals surface area contributed by atoms with Gasteiger partial charge in [-0.1, -0.05) is 114 Å². The van der Waals surface area contributed by atoms with E-state index < -0.39 is 0 Å². The van der Waals surface area contributed by atoms with Crippen LogP contribution in [0.1, 0.15) is 74.9 Å². The van der Waals surface area contributed by atoms with Gasteiger partial charge in [-0.2, -0.15) is 0 Å². The van der Waals surface area contributed by atoms with Crippen molar-refractivity contribution in [1.29, 1.82) is 0 Å². The van der Waals surface area contributed by atoms with Crippen molar-refractivity contribution in [3.8, 4) is 0 Å². The van der Waals surface area contributed by atoms with Gasteiger partial charge in [0.05, 0.1) is 22.7 Å². The molecular formula is C43H37FN2. The molecule has 3 aliphatic rings. The molecule has 46 heavy (non-hydrogen) atoms. The van der Waals surface area contributed by atoms with E-state index in [1.165, 1.54) is 55.8 Å². The second-order valence-corrected chi connectivity index (χ2v) is 14.8. The summed E-state index contributed by atoms with van der Waals surface area (Å²) in [5.41, 5.74) is 14.5. The van der Waals surface area contributed by atoms with E-state index in [0.717, 1.165) is 22.4 Å². The molecule has 0 N–H and O–H groups in total. The van der Waals surface area contributed by atoms with Crippen LogP contribution < -0.4 is 9.80 Å². The lowest BCUT2D eigenvalue weighted by Gasteiger charge is -2.55. The van der Waals surface area contributed by atoms with Crippen molar-refractivity contribution < 1.29 is 4.39 Å². The van der Waals surface area contributed by atoms with E-state index in [1.54, 1.807) is 12.1 Å². The van der Waals surface area contributed by atoms with E-state index in [1.807, 2.05) is 12.1 Å². The Balaban J connectivity index is 1.40. The zero-order valence-electron chi connectivity index (χ0n) is 27.2. The molecule has 9 rings (SSSR count). The van der Waals surface area contributed by atoms with Crippen LogP contribution in [-0.4, -0.2) is 0 Å². The topological polar surface area (TPSA) is 6.48 Å². The number of nitrogens with zero attached hydrogens (tertiary/aromatic N) is 2. The number of hydrogen-bond acceptors (Lipinski definition) is 2. The molecule has 2 nitrogen and oxygen atoms in total. The molecular weight excluding hydrogens is 563 g/mol. The summed E-state index contributed by atoms with van der Waals surface area (Å²) in [6.45, 7) is 14.3. The number of fused-ring (bicyclic) bond motifs is 1. The van der Waals surface area contributed by atoms with Crippen LogP contribution in [0.3, 0.4) is 0 Å². The Morgan fingerprint density at radius 3 is 1.50 bits per heavy atom. The van der Waals surface area contributed by atoms with Crippen LogP contribution in [0.25, 0.3) is 10.8 Å². The Hall–Kier alpha value is -4.89. The lowest BCUT2D eigenvalue weighted by Crippen LogP contribution is -2.43. The highest BCUT2D eigenvalue weighted by atomic mass is 19.1. The summed E-state index contributed by atoms with van der Waals surface area (Å²) in [6.07, 6.45) is 0. The number of benzene rings is 6. The van der Waals surface area contributed by atoms with Gasteiger partial charge in [0.15, 0.2) is 0 Å². The van der Waals surface area contributed by atoms with Gasteiger partial charge < -0.3 is 9.80 Å². The van der Waals surface area contributed by atoms with Gasteiger partial charge in [-0.25, -0.2) is 4.39 Å². The van der Waals surface area contributed by atoms with Crippen LogP contribution in [0.2, 0.25) is 0 Å². The first kappa shape index (κ1) is 27.4. The molecule has 3 heteroatoms. The van der Waals surface area contributed by atoms with E-state index in [-0.39, 0.29) is 22.1 Å². The fourth-order valence-corrected chi connectivity index (χ4v) is 8.72. The van der Waals surface area contributed by atoms with Crippen LogP contribution in [-0.2, 0) is 16.2 Å². The molecule has 6 aromatic rings. The maximum absolute atomic E-state index is 14.4. The lowest BCUT2D eigenvalue weighted by molar-refractivity contribution is 0.566. The maximum atomic E-state index is 14.4. The predicted octanol–water partition coefficient (Wildman–Crippen LogP) is 11.8. The second kappa shape index (κ2) is 8.88. The average molecular weight is 601 g/mol. The summed E-state index contributed by atoms with van der Waals surface area (Å²) in [5, 5.41) is 2.33. The summed E-state index contributed by atoms with van der Waals surface area (Å²) >= 11 is 0. The average Bonchev–Trinajstić information content (AvgIpc) is 3.05. The highest BCUT2D eigenvalue weighted by Gasteiger charge is 2.51. The fraction of sp³-hybridized carbons (Fsp3) is 0.209. The van der Waals surface area contributed by atoms with E-state index in [4.69, 9.17) is 0 Å². The van der Waals surface area contributed by atoms with Gasteiger partial charge in [-0.15, -0.1) is 0 Å². The van der Waals surface area contributed by atoms with Crippen molar-refractivity contribution in [2.75, 3.05) is 9.80 Å². The first-order chi connectivity index (χ1) is 22.0. The highest BCUT2D eigenvalue weighted by molar-refractivity contribution is 6.02. The van der Waals surface area contributed by atoms with Crippen LogP contribution in [0.4, 0.5) is 38.5 Å². The molecule has 0 amide bonds. The SMILES string of the molecule is CC1(C)c2cccc3c2N2c4c1cccc4C(C)(C)c1cc(N(c4ccc(F)cc4)c4cccc5ccccc45)cc(c12)C3(C)C. The summed E-state index contributed by atoms with van der Waals surface area (Å²) in [7, 11) is 0. The molecule has 0 saturated heterocycles. The largest absolute Gasteiger partial charge is 0.310 e. The Morgan fingerprint density at radius 1 is 0.478 bits per heavy atom. The number of hydrogen-bond donors (Lipinski definition) is 0. The Labute approximate surface area is 270 Å². The highest BCUT2D eigenvalue weighted by Crippen LogP contribution is 2.66. The molecule has 0 aromatic heterocycles. The van der Waals surface area contributed by atoms with E-state index in [9.17, 15) is 4.39 Å². The third-order valence-corrected chi connectivity index (χ3v) is 11.2. The fourth-order valence-electron chi connectivity index (χ4n) is 8.72. The zero-order valence-corrected chi connectivity index (χ0v) is 27.2.